The molecular weight excluding hydrogens is 474 g/mol. The molecule has 15 heteroatoms. The van der Waals surface area contributed by atoms with Crippen LogP contribution < -0.4 is 44.6 Å². The van der Waals surface area contributed by atoms with Gasteiger partial charge in [-0.15, -0.1) is 0 Å². The third-order valence-electron chi connectivity index (χ3n) is 5.15. The zero-order valence-corrected chi connectivity index (χ0v) is 20.9. The molecule has 0 radical (unpaired) electrons. The number of nitrogens with zero attached hydrogens (tertiary/aromatic N) is 1. The number of rotatable bonds is 18. The van der Waals surface area contributed by atoms with E-state index in [9.17, 15) is 29.1 Å². The summed E-state index contributed by atoms with van der Waals surface area (Å²) in [7, 11) is 0. The Kier molecular flexibility index (Phi) is 15.4. The lowest BCUT2D eigenvalue weighted by molar-refractivity contribution is -0.143. The van der Waals surface area contributed by atoms with E-state index < -0.39 is 66.1 Å². The number of carbonyl (C=O) groups excluding carboxylic acids is 4. The molecule has 0 aromatic carbocycles. The van der Waals surface area contributed by atoms with Crippen LogP contribution >= 0.6 is 0 Å². The smallest absolute Gasteiger partial charge is 0.326 e. The molecule has 0 saturated heterocycles. The van der Waals surface area contributed by atoms with Crippen LogP contribution in [0.15, 0.2) is 4.99 Å². The highest BCUT2D eigenvalue weighted by Crippen LogP contribution is 2.07. The Morgan fingerprint density at radius 3 is 1.92 bits per heavy atom. The van der Waals surface area contributed by atoms with Gasteiger partial charge in [0.15, 0.2) is 5.96 Å². The van der Waals surface area contributed by atoms with Gasteiger partial charge in [-0.1, -0.05) is 13.8 Å². The average Bonchev–Trinajstić information content (AvgIpc) is 2.77. The summed E-state index contributed by atoms with van der Waals surface area (Å²) in [5.74, 6) is -4.89. The Morgan fingerprint density at radius 2 is 1.42 bits per heavy atom. The van der Waals surface area contributed by atoms with E-state index >= 15 is 0 Å². The van der Waals surface area contributed by atoms with E-state index in [-0.39, 0.29) is 25.3 Å². The summed E-state index contributed by atoms with van der Waals surface area (Å²) in [4.78, 5) is 65.0. The molecule has 0 saturated carbocycles. The third-order valence-corrected chi connectivity index (χ3v) is 5.15. The van der Waals surface area contributed by atoms with Crippen molar-refractivity contribution in [2.75, 3.05) is 13.1 Å². The SMILES string of the molecule is CC(C)C(NC(=O)C(CCCCN)NC(=O)C(CC(N)=O)NC(=O)C(N)CCCN=C(N)N)C(=O)O. The maximum atomic E-state index is 12.9. The van der Waals surface area contributed by atoms with Crippen molar-refractivity contribution in [2.45, 2.75) is 76.5 Å². The number of nitrogens with two attached hydrogens (primary N) is 5. The summed E-state index contributed by atoms with van der Waals surface area (Å²) in [5.41, 5.74) is 27.1. The van der Waals surface area contributed by atoms with Crippen LogP contribution in [0.25, 0.3) is 0 Å². The van der Waals surface area contributed by atoms with Gasteiger partial charge in [-0.3, -0.25) is 24.2 Å². The van der Waals surface area contributed by atoms with E-state index in [1.54, 1.807) is 13.8 Å². The molecule has 14 N–H and O–H groups in total. The summed E-state index contributed by atoms with van der Waals surface area (Å²) in [6.07, 6.45) is 1.22. The second kappa shape index (κ2) is 17.0. The van der Waals surface area contributed by atoms with E-state index in [1.165, 1.54) is 0 Å². The zero-order valence-electron chi connectivity index (χ0n) is 20.9. The van der Waals surface area contributed by atoms with Crippen LogP contribution in [0.4, 0.5) is 0 Å². The van der Waals surface area contributed by atoms with Gasteiger partial charge in [0.05, 0.1) is 12.5 Å². The van der Waals surface area contributed by atoms with Crippen LogP contribution in [0.3, 0.4) is 0 Å². The predicted octanol–water partition coefficient (Wildman–Crippen LogP) is -3.43. The number of primary amides is 1. The largest absolute Gasteiger partial charge is 0.480 e. The minimum absolute atomic E-state index is 0.0978. The molecule has 15 nitrogen and oxygen atoms in total. The number of carbonyl (C=O) groups is 5. The van der Waals surface area contributed by atoms with Crippen LogP contribution in [0.2, 0.25) is 0 Å². The van der Waals surface area contributed by atoms with Gasteiger partial charge in [-0.2, -0.15) is 0 Å². The topological polar surface area (TPSA) is 284 Å². The summed E-state index contributed by atoms with van der Waals surface area (Å²) >= 11 is 0. The Bertz CT molecular complexity index is 786. The first-order chi connectivity index (χ1) is 16.8. The van der Waals surface area contributed by atoms with Gasteiger partial charge in [0.25, 0.3) is 0 Å². The van der Waals surface area contributed by atoms with Gasteiger partial charge in [-0.05, 0) is 44.6 Å². The summed E-state index contributed by atoms with van der Waals surface area (Å²) in [5, 5.41) is 16.6. The normalized spacial score (nSPS) is 14.1. The maximum absolute atomic E-state index is 12.9. The van der Waals surface area contributed by atoms with Crippen molar-refractivity contribution in [3.63, 3.8) is 0 Å². The lowest BCUT2D eigenvalue weighted by atomic mass is 10.0. The molecule has 0 bridgehead atoms. The van der Waals surface area contributed by atoms with E-state index in [0.717, 1.165) is 0 Å². The maximum Gasteiger partial charge on any atom is 0.326 e. The quantitative estimate of drug-likeness (QED) is 0.0494. The van der Waals surface area contributed by atoms with Crippen LogP contribution in [-0.4, -0.2) is 77.9 Å². The molecule has 206 valence electrons. The highest BCUT2D eigenvalue weighted by Gasteiger charge is 2.31. The molecule has 0 aliphatic carbocycles. The average molecular weight is 516 g/mol. The lowest BCUT2D eigenvalue weighted by Crippen LogP contribution is -2.58. The van der Waals surface area contributed by atoms with Gasteiger partial charge >= 0.3 is 5.97 Å². The van der Waals surface area contributed by atoms with Crippen molar-refractivity contribution in [2.24, 2.45) is 39.6 Å². The molecule has 0 heterocycles. The first-order valence-corrected chi connectivity index (χ1v) is 11.7. The molecule has 0 aliphatic rings. The van der Waals surface area contributed by atoms with Gasteiger partial charge in [0.2, 0.25) is 23.6 Å². The first kappa shape index (κ1) is 32.5. The first-order valence-electron chi connectivity index (χ1n) is 11.7. The number of hydrogen-bond acceptors (Lipinski definition) is 8. The number of amides is 4. The van der Waals surface area contributed by atoms with Crippen LogP contribution in [0, 0.1) is 5.92 Å². The molecule has 36 heavy (non-hydrogen) atoms. The van der Waals surface area contributed by atoms with E-state index in [4.69, 9.17) is 28.7 Å². The minimum atomic E-state index is -1.40. The number of carboxylic acids is 1. The molecule has 0 aliphatic heterocycles. The Hall–Kier alpha value is -3.46. The van der Waals surface area contributed by atoms with Crippen molar-refractivity contribution >= 4 is 35.6 Å². The standard InChI is InChI=1S/C21H41N9O6/c1-11(2)16(20(35)36)30-18(33)13(7-3-4-8-22)28-19(34)14(10-15(24)31)29-17(32)12(23)6-5-9-27-21(25)26/h11-14,16H,3-10,22-23H2,1-2H3,(H2,24,31)(H,28,34)(H,29,32)(H,30,33)(H,35,36)(H4,25,26,27). The number of unbranched alkanes of at least 4 members (excludes halogenated alkanes) is 1. The van der Waals surface area contributed by atoms with Crippen molar-refractivity contribution in [1.82, 2.24) is 16.0 Å². The van der Waals surface area contributed by atoms with Gasteiger partial charge in [-0.25, -0.2) is 4.79 Å². The second-order valence-electron chi connectivity index (χ2n) is 8.70. The Labute approximate surface area is 210 Å². The number of aliphatic carboxylic acids is 1. The van der Waals surface area contributed by atoms with Crippen LogP contribution in [0.5, 0.6) is 0 Å². The second-order valence-corrected chi connectivity index (χ2v) is 8.70. The van der Waals surface area contributed by atoms with E-state index in [1.807, 2.05) is 0 Å². The molecular formula is C21H41N9O6. The molecule has 0 rings (SSSR count). The van der Waals surface area contributed by atoms with Gasteiger partial charge < -0.3 is 49.7 Å². The minimum Gasteiger partial charge on any atom is -0.480 e. The van der Waals surface area contributed by atoms with Crippen molar-refractivity contribution < 1.29 is 29.1 Å². The number of carboxylic acid groups (broad SMARTS) is 1. The summed E-state index contributed by atoms with van der Waals surface area (Å²) < 4.78 is 0. The molecule has 4 atom stereocenters. The number of nitrogens with one attached hydrogen (secondary N) is 3. The fourth-order valence-electron chi connectivity index (χ4n) is 3.14. The Balaban J connectivity index is 5.43. The van der Waals surface area contributed by atoms with Crippen molar-refractivity contribution in [3.05, 3.63) is 0 Å². The van der Waals surface area contributed by atoms with E-state index in [2.05, 4.69) is 20.9 Å². The molecule has 4 amide bonds. The van der Waals surface area contributed by atoms with Gasteiger partial charge in [0, 0.05) is 6.54 Å². The zero-order chi connectivity index (χ0) is 27.8. The number of hydrogen-bond donors (Lipinski definition) is 9. The summed E-state index contributed by atoms with van der Waals surface area (Å²) in [6, 6.07) is -4.73. The number of guanidine groups is 1. The number of aliphatic imine (C=N–C) groups is 1. The Morgan fingerprint density at radius 1 is 0.833 bits per heavy atom. The lowest BCUT2D eigenvalue weighted by Gasteiger charge is -2.25. The molecule has 4 unspecified atom stereocenters. The van der Waals surface area contributed by atoms with Crippen LogP contribution in [-0.2, 0) is 24.0 Å². The molecule has 0 aromatic heterocycles. The van der Waals surface area contributed by atoms with Crippen LogP contribution in [0.1, 0.15) is 52.4 Å². The fraction of sp³-hybridized carbons (Fsp3) is 0.714. The monoisotopic (exact) mass is 515 g/mol. The van der Waals surface area contributed by atoms with Gasteiger partial charge in [0.1, 0.15) is 18.1 Å². The highest BCUT2D eigenvalue weighted by molar-refractivity contribution is 5.96. The summed E-state index contributed by atoms with van der Waals surface area (Å²) in [6.45, 7) is 3.86. The third kappa shape index (κ3) is 13.4. The van der Waals surface area contributed by atoms with E-state index in [0.29, 0.717) is 25.8 Å². The predicted molar refractivity (Wildman–Crippen MR) is 133 cm³/mol. The molecule has 0 spiro atoms. The van der Waals surface area contributed by atoms with Crippen molar-refractivity contribution in [3.8, 4) is 0 Å². The molecule has 0 fully saturated rings. The highest BCUT2D eigenvalue weighted by atomic mass is 16.4. The van der Waals surface area contributed by atoms with Crippen molar-refractivity contribution in [1.29, 1.82) is 0 Å². The molecule has 0 aromatic rings. The fourth-order valence-corrected chi connectivity index (χ4v) is 3.14.